The van der Waals surface area contributed by atoms with E-state index in [-0.39, 0.29) is 23.0 Å². The zero-order valence-corrected chi connectivity index (χ0v) is 14.0. The summed E-state index contributed by atoms with van der Waals surface area (Å²) >= 11 is 0. The Kier molecular flexibility index (Phi) is 6.53. The van der Waals surface area contributed by atoms with Gasteiger partial charge in [-0.25, -0.2) is 4.79 Å². The number of amides is 1. The molecule has 0 bridgehead atoms. The number of hydrogen-bond acceptors (Lipinski definition) is 5. The average molecular weight is 312 g/mol. The fourth-order valence-electron chi connectivity index (χ4n) is 2.81. The molecule has 0 spiro atoms. The molecule has 1 aliphatic rings. The van der Waals surface area contributed by atoms with E-state index in [2.05, 4.69) is 5.32 Å². The van der Waals surface area contributed by atoms with Gasteiger partial charge in [0.1, 0.15) is 11.8 Å². The van der Waals surface area contributed by atoms with Crippen LogP contribution in [0.3, 0.4) is 0 Å². The van der Waals surface area contributed by atoms with Crippen LogP contribution in [-0.4, -0.2) is 36.9 Å². The fraction of sp³-hybridized carbons (Fsp3) is 0.812. The minimum Gasteiger partial charge on any atom is -0.467 e. The Morgan fingerprint density at radius 3 is 2.50 bits per heavy atom. The first-order chi connectivity index (χ1) is 10.1. The highest BCUT2D eigenvalue weighted by Crippen LogP contribution is 2.26. The lowest BCUT2D eigenvalue weighted by Gasteiger charge is -2.25. The molecule has 22 heavy (non-hydrogen) atoms. The molecule has 0 unspecified atom stereocenters. The van der Waals surface area contributed by atoms with Gasteiger partial charge in [-0.3, -0.25) is 9.59 Å². The van der Waals surface area contributed by atoms with Crippen molar-refractivity contribution in [1.82, 2.24) is 5.32 Å². The van der Waals surface area contributed by atoms with Crippen LogP contribution in [0.2, 0.25) is 0 Å². The molecule has 1 rings (SSSR count). The molecule has 126 valence electrons. The average Bonchev–Trinajstić information content (AvgIpc) is 2.80. The van der Waals surface area contributed by atoms with Gasteiger partial charge in [-0.15, -0.1) is 0 Å². The summed E-state index contributed by atoms with van der Waals surface area (Å²) < 4.78 is 4.73. The summed E-state index contributed by atoms with van der Waals surface area (Å²) in [6.07, 6.45) is 2.95. The second kappa shape index (κ2) is 7.72. The number of hydrogen-bond donors (Lipinski definition) is 2. The van der Waals surface area contributed by atoms with Gasteiger partial charge < -0.3 is 15.8 Å². The zero-order valence-electron chi connectivity index (χ0n) is 14.0. The Balaban J connectivity index is 2.66. The fourth-order valence-corrected chi connectivity index (χ4v) is 2.81. The summed E-state index contributed by atoms with van der Waals surface area (Å²) in [4.78, 5) is 35.8. The number of ether oxygens (including phenoxy) is 1. The number of ketones is 1. The van der Waals surface area contributed by atoms with Gasteiger partial charge in [0.05, 0.1) is 13.2 Å². The molecule has 0 aliphatic heterocycles. The maximum Gasteiger partial charge on any atom is 0.328 e. The van der Waals surface area contributed by atoms with Crippen molar-refractivity contribution in [2.45, 2.75) is 65.0 Å². The van der Waals surface area contributed by atoms with E-state index in [0.717, 1.165) is 12.8 Å². The molecule has 0 saturated heterocycles. The maximum absolute atomic E-state index is 12.2. The Labute approximate surface area is 132 Å². The van der Waals surface area contributed by atoms with Crippen LogP contribution in [0, 0.1) is 11.3 Å². The van der Waals surface area contributed by atoms with Crippen molar-refractivity contribution in [3.63, 3.8) is 0 Å². The van der Waals surface area contributed by atoms with Crippen LogP contribution in [0.15, 0.2) is 0 Å². The Bertz CT molecular complexity index is 428. The molecular weight excluding hydrogens is 284 g/mol. The monoisotopic (exact) mass is 312 g/mol. The first-order valence-electron chi connectivity index (χ1n) is 7.80. The van der Waals surface area contributed by atoms with E-state index in [4.69, 9.17) is 10.5 Å². The summed E-state index contributed by atoms with van der Waals surface area (Å²) in [6, 6.07) is -1.50. The molecule has 3 N–H and O–H groups in total. The highest BCUT2D eigenvalue weighted by atomic mass is 16.5. The minimum atomic E-state index is -0.810. The molecule has 1 saturated carbocycles. The molecule has 0 heterocycles. The van der Waals surface area contributed by atoms with E-state index in [9.17, 15) is 14.4 Å². The molecule has 3 atom stereocenters. The van der Waals surface area contributed by atoms with Gasteiger partial charge in [0.2, 0.25) is 5.91 Å². The van der Waals surface area contributed by atoms with Gasteiger partial charge in [0.15, 0.2) is 0 Å². The highest BCUT2D eigenvalue weighted by Gasteiger charge is 2.33. The Hall–Kier alpha value is -1.43. The molecule has 1 fully saturated rings. The number of esters is 1. The third-order valence-corrected chi connectivity index (χ3v) is 3.92. The summed E-state index contributed by atoms with van der Waals surface area (Å²) in [5, 5.41) is 2.65. The van der Waals surface area contributed by atoms with Crippen LogP contribution in [0.4, 0.5) is 0 Å². The number of carbonyl (C=O) groups excluding carboxylic acids is 3. The second-order valence-corrected chi connectivity index (χ2v) is 7.25. The molecule has 0 radical (unpaired) electrons. The van der Waals surface area contributed by atoms with E-state index in [1.165, 1.54) is 7.11 Å². The summed E-state index contributed by atoms with van der Waals surface area (Å²) in [6.45, 7) is 5.99. The largest absolute Gasteiger partial charge is 0.467 e. The summed E-state index contributed by atoms with van der Waals surface area (Å²) in [5.41, 5.74) is 5.81. The van der Waals surface area contributed by atoms with Gasteiger partial charge in [0.25, 0.3) is 0 Å². The van der Waals surface area contributed by atoms with Crippen LogP contribution >= 0.6 is 0 Å². The first kappa shape index (κ1) is 18.6. The first-order valence-corrected chi connectivity index (χ1v) is 7.80. The van der Waals surface area contributed by atoms with Gasteiger partial charge >= 0.3 is 5.97 Å². The van der Waals surface area contributed by atoms with Crippen molar-refractivity contribution in [2.24, 2.45) is 17.1 Å². The predicted molar refractivity (Wildman–Crippen MR) is 83.0 cm³/mol. The molecular formula is C16H28N2O4. The molecule has 6 heteroatoms. The van der Waals surface area contributed by atoms with Crippen LogP contribution in [0.5, 0.6) is 0 Å². The van der Waals surface area contributed by atoms with Crippen molar-refractivity contribution in [3.8, 4) is 0 Å². The van der Waals surface area contributed by atoms with Crippen LogP contribution in [0.1, 0.15) is 52.9 Å². The number of Topliss-reactive ketones (excluding diaryl/α,β-unsaturated/α-hetero) is 1. The van der Waals surface area contributed by atoms with Gasteiger partial charge in [-0.05, 0) is 31.1 Å². The van der Waals surface area contributed by atoms with E-state index in [0.29, 0.717) is 19.3 Å². The zero-order chi connectivity index (χ0) is 16.9. The third kappa shape index (κ3) is 5.75. The van der Waals surface area contributed by atoms with Gasteiger partial charge in [-0.2, -0.15) is 0 Å². The Morgan fingerprint density at radius 1 is 1.41 bits per heavy atom. The van der Waals surface area contributed by atoms with Crippen molar-refractivity contribution >= 4 is 17.7 Å². The van der Waals surface area contributed by atoms with Crippen LogP contribution < -0.4 is 11.1 Å². The van der Waals surface area contributed by atoms with Gasteiger partial charge in [-0.1, -0.05) is 20.8 Å². The number of nitrogens with two attached hydrogens (primary N) is 1. The number of rotatable bonds is 6. The van der Waals surface area contributed by atoms with Crippen molar-refractivity contribution in [2.75, 3.05) is 7.11 Å². The maximum atomic E-state index is 12.2. The summed E-state index contributed by atoms with van der Waals surface area (Å²) in [5.74, 6) is -0.933. The summed E-state index contributed by atoms with van der Waals surface area (Å²) in [7, 11) is 1.27. The molecule has 6 nitrogen and oxygen atoms in total. The minimum absolute atomic E-state index is 0.0844. The topological polar surface area (TPSA) is 98.5 Å². The van der Waals surface area contributed by atoms with Crippen molar-refractivity contribution in [1.29, 1.82) is 0 Å². The number of carbonyl (C=O) groups is 3. The number of nitrogens with one attached hydrogen (secondary N) is 1. The second-order valence-electron chi connectivity index (χ2n) is 7.25. The molecule has 0 aromatic rings. The molecule has 1 aliphatic carbocycles. The van der Waals surface area contributed by atoms with E-state index >= 15 is 0 Å². The molecule has 0 aromatic carbocycles. The Morgan fingerprint density at radius 2 is 2.05 bits per heavy atom. The van der Waals surface area contributed by atoms with Gasteiger partial charge in [0, 0.05) is 12.3 Å². The SMILES string of the molecule is COC(=O)[C@H](C[C@@H]1CCCC1=O)NC(=O)[C@@H](N)CC(C)(C)C. The van der Waals surface area contributed by atoms with E-state index < -0.39 is 18.1 Å². The lowest BCUT2D eigenvalue weighted by molar-refractivity contribution is -0.146. The number of methoxy groups -OCH3 is 1. The quantitative estimate of drug-likeness (QED) is 0.717. The molecule has 1 amide bonds. The van der Waals surface area contributed by atoms with Crippen molar-refractivity contribution < 1.29 is 19.1 Å². The molecule has 0 aromatic heterocycles. The smallest absolute Gasteiger partial charge is 0.328 e. The van der Waals surface area contributed by atoms with Crippen molar-refractivity contribution in [3.05, 3.63) is 0 Å². The lowest BCUT2D eigenvalue weighted by atomic mass is 9.88. The van der Waals surface area contributed by atoms with E-state index in [1.54, 1.807) is 0 Å². The highest BCUT2D eigenvalue weighted by molar-refractivity contribution is 5.88. The predicted octanol–water partition coefficient (Wildman–Crippen LogP) is 1.17. The lowest BCUT2D eigenvalue weighted by Crippen LogP contribution is -2.50. The standard InChI is InChI=1S/C16H28N2O4/c1-16(2,3)9-11(17)14(20)18-12(15(21)22-4)8-10-6-5-7-13(10)19/h10-12H,5-9,17H2,1-4H3,(H,18,20)/t10-,11-,12-/m0/s1. The van der Waals surface area contributed by atoms with E-state index in [1.807, 2.05) is 20.8 Å². The van der Waals surface area contributed by atoms with Crippen LogP contribution in [-0.2, 0) is 19.1 Å². The third-order valence-electron chi connectivity index (χ3n) is 3.92. The van der Waals surface area contributed by atoms with Crippen LogP contribution in [0.25, 0.3) is 0 Å². The normalized spacial score (nSPS) is 21.3.